The van der Waals surface area contributed by atoms with E-state index in [0.29, 0.717) is 30.3 Å². The topological polar surface area (TPSA) is 79.6 Å². The number of nitrogens with one attached hydrogen (secondary N) is 1. The summed E-state index contributed by atoms with van der Waals surface area (Å²) in [6.45, 7) is 1.59. The summed E-state index contributed by atoms with van der Waals surface area (Å²) in [7, 11) is -3.50. The van der Waals surface area contributed by atoms with E-state index in [1.165, 1.54) is 5.41 Å². The summed E-state index contributed by atoms with van der Waals surface area (Å²) in [4.78, 5) is 4.75. The number of benzene rings is 2. The van der Waals surface area contributed by atoms with Crippen LogP contribution in [0.4, 0.5) is 5.82 Å². The molecule has 36 heavy (non-hydrogen) atoms. The fraction of sp³-hybridized carbons (Fsp3) is 0.231. The van der Waals surface area contributed by atoms with Crippen molar-refractivity contribution in [3.05, 3.63) is 87.3 Å². The smallest absolute Gasteiger partial charge is 0.236 e. The van der Waals surface area contributed by atoms with Crippen molar-refractivity contribution < 1.29 is 8.42 Å². The van der Waals surface area contributed by atoms with Crippen molar-refractivity contribution in [2.45, 2.75) is 12.8 Å². The van der Waals surface area contributed by atoms with E-state index in [2.05, 4.69) is 26.3 Å². The van der Waals surface area contributed by atoms with E-state index in [1.807, 2.05) is 60.7 Å². The van der Waals surface area contributed by atoms with Crippen LogP contribution in [0.3, 0.4) is 0 Å². The van der Waals surface area contributed by atoms with Crippen LogP contribution in [0.25, 0.3) is 23.0 Å². The van der Waals surface area contributed by atoms with E-state index in [4.69, 9.17) is 16.6 Å². The zero-order valence-electron chi connectivity index (χ0n) is 19.4. The normalized spacial score (nSPS) is 17.1. The lowest BCUT2D eigenvalue weighted by atomic mass is 10.00. The minimum atomic E-state index is -3.50. The summed E-state index contributed by atoms with van der Waals surface area (Å²) in [5.41, 5.74) is 3.10. The largest absolute Gasteiger partial charge is 0.370 e. The average molecular weight is 587 g/mol. The zero-order chi connectivity index (χ0) is 25.1. The molecular weight excluding hydrogens is 562 g/mol. The van der Waals surface area contributed by atoms with Gasteiger partial charge in [0, 0.05) is 41.7 Å². The van der Waals surface area contributed by atoms with Crippen molar-refractivity contribution in [3.63, 3.8) is 0 Å². The number of aromatic nitrogens is 3. The Morgan fingerprint density at radius 3 is 2.72 bits per heavy atom. The first-order valence-corrected chi connectivity index (χ1v) is 14.3. The number of sulfonamides is 1. The van der Waals surface area contributed by atoms with Crippen LogP contribution < -0.4 is 5.32 Å². The maximum atomic E-state index is 13.0. The van der Waals surface area contributed by atoms with Crippen molar-refractivity contribution in [1.29, 1.82) is 0 Å². The van der Waals surface area contributed by atoms with Crippen molar-refractivity contribution in [2.75, 3.05) is 25.0 Å². The van der Waals surface area contributed by atoms with Crippen LogP contribution in [0, 0.1) is 5.92 Å². The fourth-order valence-corrected chi connectivity index (χ4v) is 6.24. The SMILES string of the molecule is O=S(=O)(C=Cc1ccccc1)N1CCCC(CNc2cc(-c3ccccc3Cl)nc3c(Br)cnn23)C1. The predicted molar refractivity (Wildman–Crippen MR) is 148 cm³/mol. The molecule has 0 spiro atoms. The fourth-order valence-electron chi connectivity index (χ4n) is 4.36. The number of piperidine rings is 1. The zero-order valence-corrected chi connectivity index (χ0v) is 22.5. The molecule has 3 heterocycles. The second-order valence-corrected chi connectivity index (χ2v) is 11.8. The summed E-state index contributed by atoms with van der Waals surface area (Å²) in [5.74, 6) is 0.925. The van der Waals surface area contributed by atoms with Crippen LogP contribution in [0.2, 0.25) is 5.02 Å². The van der Waals surface area contributed by atoms with Crippen LogP contribution >= 0.6 is 27.5 Å². The van der Waals surface area contributed by atoms with Gasteiger partial charge in [0.25, 0.3) is 0 Å². The summed E-state index contributed by atoms with van der Waals surface area (Å²) in [6, 6.07) is 19.0. The molecule has 1 aliphatic rings. The van der Waals surface area contributed by atoms with Gasteiger partial charge in [-0.2, -0.15) is 13.9 Å². The predicted octanol–water partition coefficient (Wildman–Crippen LogP) is 5.94. The number of halogens is 2. The molecule has 2 aromatic heterocycles. The highest BCUT2D eigenvalue weighted by molar-refractivity contribution is 9.10. The highest BCUT2D eigenvalue weighted by atomic mass is 79.9. The molecule has 0 bridgehead atoms. The molecule has 1 N–H and O–H groups in total. The molecule has 0 aliphatic carbocycles. The third-order valence-electron chi connectivity index (χ3n) is 6.22. The Bertz CT molecular complexity index is 1510. The van der Waals surface area contributed by atoms with Crippen molar-refractivity contribution in [1.82, 2.24) is 18.9 Å². The minimum absolute atomic E-state index is 0.157. The minimum Gasteiger partial charge on any atom is -0.370 e. The van der Waals surface area contributed by atoms with Gasteiger partial charge in [0.15, 0.2) is 5.65 Å². The summed E-state index contributed by atoms with van der Waals surface area (Å²) >= 11 is 9.96. The first kappa shape index (κ1) is 25.0. The Labute approximate surface area is 224 Å². The van der Waals surface area contributed by atoms with Crippen LogP contribution in [0.5, 0.6) is 0 Å². The van der Waals surface area contributed by atoms with Gasteiger partial charge in [0.1, 0.15) is 5.82 Å². The highest BCUT2D eigenvalue weighted by Gasteiger charge is 2.27. The maximum Gasteiger partial charge on any atom is 0.236 e. The van der Waals surface area contributed by atoms with Gasteiger partial charge in [0.2, 0.25) is 10.0 Å². The van der Waals surface area contributed by atoms with Crippen molar-refractivity contribution in [2.24, 2.45) is 5.92 Å². The van der Waals surface area contributed by atoms with Crippen LogP contribution in [0.1, 0.15) is 18.4 Å². The number of hydrogen-bond acceptors (Lipinski definition) is 5. The average Bonchev–Trinajstić information content (AvgIpc) is 3.28. The van der Waals surface area contributed by atoms with E-state index < -0.39 is 10.0 Å². The first-order chi connectivity index (χ1) is 17.4. The molecular formula is C26H25BrClN5O2S. The maximum absolute atomic E-state index is 13.0. The van der Waals surface area contributed by atoms with Gasteiger partial charge in [-0.15, -0.1) is 0 Å². The van der Waals surface area contributed by atoms with Gasteiger partial charge in [-0.25, -0.2) is 13.4 Å². The molecule has 0 saturated carbocycles. The van der Waals surface area contributed by atoms with E-state index in [0.717, 1.165) is 40.0 Å². The number of nitrogens with zero attached hydrogens (tertiary/aromatic N) is 4. The van der Waals surface area contributed by atoms with Gasteiger partial charge >= 0.3 is 0 Å². The van der Waals surface area contributed by atoms with Gasteiger partial charge < -0.3 is 5.32 Å². The lowest BCUT2D eigenvalue weighted by Gasteiger charge is -2.31. The Balaban J connectivity index is 1.33. The number of hydrogen-bond donors (Lipinski definition) is 1. The highest BCUT2D eigenvalue weighted by Crippen LogP contribution is 2.30. The van der Waals surface area contributed by atoms with E-state index in [1.54, 1.807) is 21.1 Å². The van der Waals surface area contributed by atoms with Crippen LogP contribution in [0.15, 0.2) is 76.7 Å². The van der Waals surface area contributed by atoms with Gasteiger partial charge in [-0.05, 0) is 52.4 Å². The van der Waals surface area contributed by atoms with E-state index in [9.17, 15) is 8.42 Å². The molecule has 5 rings (SSSR count). The van der Waals surface area contributed by atoms with Crippen LogP contribution in [-0.4, -0.2) is 47.0 Å². The number of rotatable bonds is 7. The Hall–Kier alpha value is -2.72. The molecule has 2 aromatic carbocycles. The lowest BCUT2D eigenvalue weighted by Crippen LogP contribution is -2.41. The molecule has 0 amide bonds. The summed E-state index contributed by atoms with van der Waals surface area (Å²) in [6.07, 6.45) is 5.11. The Morgan fingerprint density at radius 1 is 1.14 bits per heavy atom. The summed E-state index contributed by atoms with van der Waals surface area (Å²) in [5, 5.41) is 9.86. The van der Waals surface area contributed by atoms with Crippen LogP contribution in [-0.2, 0) is 10.0 Å². The molecule has 7 nitrogen and oxygen atoms in total. The van der Waals surface area contributed by atoms with E-state index in [-0.39, 0.29) is 5.92 Å². The second-order valence-electron chi connectivity index (χ2n) is 8.74. The Morgan fingerprint density at radius 2 is 1.92 bits per heavy atom. The monoisotopic (exact) mass is 585 g/mol. The Kier molecular flexibility index (Phi) is 7.43. The second kappa shape index (κ2) is 10.7. The molecule has 186 valence electrons. The number of anilines is 1. The van der Waals surface area contributed by atoms with Gasteiger partial charge in [-0.3, -0.25) is 0 Å². The van der Waals surface area contributed by atoms with Gasteiger partial charge in [0.05, 0.1) is 16.4 Å². The molecule has 1 fully saturated rings. The quantitative estimate of drug-likeness (QED) is 0.290. The summed E-state index contributed by atoms with van der Waals surface area (Å²) < 4.78 is 30.0. The molecule has 4 aromatic rings. The molecule has 0 radical (unpaired) electrons. The molecule has 1 saturated heterocycles. The lowest BCUT2D eigenvalue weighted by molar-refractivity contribution is 0.277. The van der Waals surface area contributed by atoms with Crippen molar-refractivity contribution >= 4 is 55.1 Å². The number of fused-ring (bicyclic) bond motifs is 1. The third-order valence-corrected chi connectivity index (χ3v) is 8.64. The standard InChI is InChI=1S/C26H25BrClN5O2S/c27-22-17-30-33-25(15-24(31-26(22)33)21-10-4-5-11-23(21)28)29-16-20-9-6-13-32(18-20)36(34,35)14-12-19-7-2-1-3-8-19/h1-5,7-8,10-12,14-15,17,20,29H,6,9,13,16,18H2. The van der Waals surface area contributed by atoms with Crippen molar-refractivity contribution in [3.8, 4) is 11.3 Å². The first-order valence-electron chi connectivity index (χ1n) is 11.7. The van der Waals surface area contributed by atoms with Gasteiger partial charge in [-0.1, -0.05) is 60.1 Å². The molecule has 1 unspecified atom stereocenters. The molecule has 1 aliphatic heterocycles. The molecule has 10 heteroatoms. The molecule has 1 atom stereocenters. The van der Waals surface area contributed by atoms with E-state index >= 15 is 0 Å². The third kappa shape index (κ3) is 5.49.